The highest BCUT2D eigenvalue weighted by atomic mass is 16.5. The molecule has 0 radical (unpaired) electrons. The number of carbonyl (C=O) groups is 2. The third-order valence-corrected chi connectivity index (χ3v) is 2.65. The number of nitrogens with zero attached hydrogens (tertiary/aromatic N) is 2. The van der Waals surface area contributed by atoms with E-state index >= 15 is 0 Å². The van der Waals surface area contributed by atoms with E-state index in [1.54, 1.807) is 12.0 Å². The van der Waals surface area contributed by atoms with Crippen LogP contribution in [0.5, 0.6) is 0 Å². The minimum atomic E-state index is -1.02. The van der Waals surface area contributed by atoms with Crippen LogP contribution >= 0.6 is 0 Å². The topological polar surface area (TPSA) is 70.1 Å². The smallest absolute Gasteiger partial charge is 0.326 e. The van der Waals surface area contributed by atoms with Gasteiger partial charge in [-0.05, 0) is 20.8 Å². The Kier molecular flexibility index (Phi) is 6.57. The van der Waals surface area contributed by atoms with Crippen molar-refractivity contribution in [3.05, 3.63) is 0 Å². The number of ether oxygens (including phenoxy) is 1. The molecule has 0 aromatic carbocycles. The van der Waals surface area contributed by atoms with Gasteiger partial charge in [0.1, 0.15) is 6.04 Å². The second-order valence-corrected chi connectivity index (χ2v) is 4.19. The monoisotopic (exact) mass is 246 g/mol. The number of hydrogen-bond donors (Lipinski definition) is 1. The number of carboxylic acid groups (broad SMARTS) is 1. The minimum absolute atomic E-state index is 0.00101. The molecule has 0 aromatic heterocycles. The molecule has 0 saturated heterocycles. The molecule has 0 aliphatic carbocycles. The van der Waals surface area contributed by atoms with Gasteiger partial charge in [0.05, 0.1) is 6.61 Å². The minimum Gasteiger partial charge on any atom is -0.480 e. The van der Waals surface area contributed by atoms with Crippen molar-refractivity contribution in [1.29, 1.82) is 0 Å². The summed E-state index contributed by atoms with van der Waals surface area (Å²) < 4.78 is 4.93. The van der Waals surface area contributed by atoms with E-state index in [1.165, 1.54) is 18.9 Å². The van der Waals surface area contributed by atoms with E-state index in [0.717, 1.165) is 0 Å². The van der Waals surface area contributed by atoms with Gasteiger partial charge in [0.25, 0.3) is 0 Å². The molecule has 0 aliphatic rings. The Morgan fingerprint density at radius 1 is 1.29 bits per heavy atom. The predicted molar refractivity (Wildman–Crippen MR) is 64.0 cm³/mol. The predicted octanol–water partition coefficient (Wildman–Crippen LogP) is 0.868. The quantitative estimate of drug-likeness (QED) is 0.755. The summed E-state index contributed by atoms with van der Waals surface area (Å²) in [7, 11) is 3.05. The molecule has 1 N–H and O–H groups in total. The van der Waals surface area contributed by atoms with E-state index in [1.807, 2.05) is 13.8 Å². The van der Waals surface area contributed by atoms with E-state index < -0.39 is 12.0 Å². The summed E-state index contributed by atoms with van der Waals surface area (Å²) in [6.45, 7) is 6.12. The van der Waals surface area contributed by atoms with E-state index in [2.05, 4.69) is 0 Å². The first-order chi connectivity index (χ1) is 7.82. The Morgan fingerprint density at radius 2 is 1.82 bits per heavy atom. The van der Waals surface area contributed by atoms with Crippen LogP contribution in [-0.2, 0) is 9.53 Å². The molecular formula is C11H22N2O4. The van der Waals surface area contributed by atoms with Crippen molar-refractivity contribution in [1.82, 2.24) is 9.80 Å². The summed E-state index contributed by atoms with van der Waals surface area (Å²) in [5.41, 5.74) is 0. The van der Waals surface area contributed by atoms with Crippen molar-refractivity contribution >= 4 is 12.0 Å². The highest BCUT2D eigenvalue weighted by Crippen LogP contribution is 2.06. The lowest BCUT2D eigenvalue weighted by molar-refractivity contribution is -0.141. The zero-order valence-electron chi connectivity index (χ0n) is 11.1. The van der Waals surface area contributed by atoms with Crippen molar-refractivity contribution in [2.45, 2.75) is 32.9 Å². The third kappa shape index (κ3) is 4.60. The Morgan fingerprint density at radius 3 is 2.18 bits per heavy atom. The highest BCUT2D eigenvalue weighted by molar-refractivity contribution is 5.82. The Hall–Kier alpha value is -1.30. The first-order valence-electron chi connectivity index (χ1n) is 5.58. The largest absolute Gasteiger partial charge is 0.480 e. The molecule has 0 heterocycles. The van der Waals surface area contributed by atoms with Gasteiger partial charge in [-0.25, -0.2) is 9.59 Å². The van der Waals surface area contributed by atoms with Gasteiger partial charge in [0.2, 0.25) is 0 Å². The van der Waals surface area contributed by atoms with Crippen LogP contribution in [0, 0.1) is 0 Å². The van der Waals surface area contributed by atoms with Gasteiger partial charge in [0, 0.05) is 26.7 Å². The number of urea groups is 1. The Labute approximate surface area is 102 Å². The highest BCUT2D eigenvalue weighted by Gasteiger charge is 2.27. The van der Waals surface area contributed by atoms with E-state index in [9.17, 15) is 9.59 Å². The zero-order chi connectivity index (χ0) is 13.6. The number of likely N-dealkylation sites (N-methyl/N-ethyl adjacent to an activating group) is 1. The second-order valence-electron chi connectivity index (χ2n) is 4.19. The average Bonchev–Trinajstić information content (AvgIpc) is 2.26. The van der Waals surface area contributed by atoms with Gasteiger partial charge in [-0.3, -0.25) is 0 Å². The first kappa shape index (κ1) is 15.7. The fourth-order valence-electron chi connectivity index (χ4n) is 1.30. The molecular weight excluding hydrogens is 224 g/mol. The normalized spacial score (nSPS) is 12.4. The van der Waals surface area contributed by atoms with Crippen LogP contribution in [0.2, 0.25) is 0 Å². The molecule has 6 nitrogen and oxygen atoms in total. The number of rotatable bonds is 6. The maximum atomic E-state index is 12.1. The number of methoxy groups -OCH3 is 1. The summed E-state index contributed by atoms with van der Waals surface area (Å²) in [4.78, 5) is 25.7. The van der Waals surface area contributed by atoms with E-state index in [0.29, 0.717) is 13.2 Å². The standard InChI is InChI=1S/C11H22N2O4/c1-8(2)13(6-7-17-5)11(16)12(4)9(3)10(14)15/h8-9H,6-7H2,1-5H3,(H,14,15). The van der Waals surface area contributed by atoms with Crippen molar-refractivity contribution in [3.63, 3.8) is 0 Å². The number of carboxylic acids is 1. The second kappa shape index (κ2) is 7.11. The molecule has 1 atom stereocenters. The maximum Gasteiger partial charge on any atom is 0.326 e. The van der Waals surface area contributed by atoms with Gasteiger partial charge in [-0.15, -0.1) is 0 Å². The number of carbonyl (C=O) groups excluding carboxylic acids is 1. The first-order valence-corrected chi connectivity index (χ1v) is 5.58. The third-order valence-electron chi connectivity index (χ3n) is 2.65. The van der Waals surface area contributed by atoms with Crippen LogP contribution in [0.4, 0.5) is 4.79 Å². The molecule has 17 heavy (non-hydrogen) atoms. The Balaban J connectivity index is 4.65. The molecule has 6 heteroatoms. The molecule has 100 valence electrons. The lowest BCUT2D eigenvalue weighted by Crippen LogP contribution is -2.50. The molecule has 0 rings (SSSR count). The molecule has 0 bridgehead atoms. The summed E-state index contributed by atoms with van der Waals surface area (Å²) in [6, 6.07) is -1.14. The fraction of sp³-hybridized carbons (Fsp3) is 0.818. The zero-order valence-corrected chi connectivity index (χ0v) is 11.1. The van der Waals surface area contributed by atoms with Gasteiger partial charge < -0.3 is 19.6 Å². The number of amides is 2. The van der Waals surface area contributed by atoms with Crippen LogP contribution in [0.1, 0.15) is 20.8 Å². The molecule has 0 aromatic rings. The molecule has 0 saturated carbocycles. The fourth-order valence-corrected chi connectivity index (χ4v) is 1.30. The summed E-state index contributed by atoms with van der Waals surface area (Å²) in [5, 5.41) is 8.86. The molecule has 1 unspecified atom stereocenters. The SMILES string of the molecule is COCCN(C(=O)N(C)C(C)C(=O)O)C(C)C. The van der Waals surface area contributed by atoms with Crippen molar-refractivity contribution in [3.8, 4) is 0 Å². The van der Waals surface area contributed by atoms with Crippen molar-refractivity contribution in [2.75, 3.05) is 27.3 Å². The number of aliphatic carboxylic acids is 1. The van der Waals surface area contributed by atoms with Crippen LogP contribution in [-0.4, -0.2) is 66.3 Å². The molecule has 2 amide bonds. The van der Waals surface area contributed by atoms with Gasteiger partial charge in [-0.2, -0.15) is 0 Å². The van der Waals surface area contributed by atoms with Crippen molar-refractivity contribution < 1.29 is 19.4 Å². The van der Waals surface area contributed by atoms with Gasteiger partial charge >= 0.3 is 12.0 Å². The van der Waals surface area contributed by atoms with E-state index in [-0.39, 0.29) is 12.1 Å². The van der Waals surface area contributed by atoms with E-state index in [4.69, 9.17) is 9.84 Å². The molecule has 0 fully saturated rings. The van der Waals surface area contributed by atoms with Crippen LogP contribution < -0.4 is 0 Å². The summed E-state index contributed by atoms with van der Waals surface area (Å²) >= 11 is 0. The van der Waals surface area contributed by atoms with Crippen LogP contribution in [0.15, 0.2) is 0 Å². The lowest BCUT2D eigenvalue weighted by atomic mass is 10.3. The molecule has 0 spiro atoms. The molecule has 0 aliphatic heterocycles. The summed E-state index contributed by atoms with van der Waals surface area (Å²) in [5.74, 6) is -1.02. The van der Waals surface area contributed by atoms with Crippen molar-refractivity contribution in [2.24, 2.45) is 0 Å². The lowest BCUT2D eigenvalue weighted by Gasteiger charge is -2.32. The Bertz CT molecular complexity index is 268. The summed E-state index contributed by atoms with van der Waals surface area (Å²) in [6.07, 6.45) is 0. The maximum absolute atomic E-state index is 12.1. The van der Waals surface area contributed by atoms with Gasteiger partial charge in [0.15, 0.2) is 0 Å². The average molecular weight is 246 g/mol. The van der Waals surface area contributed by atoms with Gasteiger partial charge in [-0.1, -0.05) is 0 Å². The van der Waals surface area contributed by atoms with Crippen LogP contribution in [0.25, 0.3) is 0 Å². The van der Waals surface area contributed by atoms with Crippen LogP contribution in [0.3, 0.4) is 0 Å². The number of hydrogen-bond acceptors (Lipinski definition) is 3.